The second kappa shape index (κ2) is 10.8. The SMILES string of the molecule is CCN(C(=O)CN1C=C(NC(=O)c2cnn3cccnc23)C(c2cc(Cl)ccc2OC)N1)C1CCCC1. The number of benzene rings is 1. The normalized spacial score (nSPS) is 17.8. The highest BCUT2D eigenvalue weighted by molar-refractivity contribution is 6.30. The lowest BCUT2D eigenvalue weighted by atomic mass is 10.0. The summed E-state index contributed by atoms with van der Waals surface area (Å²) in [6, 6.07) is 6.84. The number of rotatable bonds is 8. The predicted molar refractivity (Wildman–Crippen MR) is 139 cm³/mol. The summed E-state index contributed by atoms with van der Waals surface area (Å²) in [5.41, 5.74) is 5.43. The van der Waals surface area contributed by atoms with Crippen molar-refractivity contribution < 1.29 is 14.3 Å². The molecule has 194 valence electrons. The molecule has 0 bridgehead atoms. The van der Waals surface area contributed by atoms with Gasteiger partial charge in [-0.1, -0.05) is 24.4 Å². The van der Waals surface area contributed by atoms with Gasteiger partial charge in [0.1, 0.15) is 17.9 Å². The molecule has 11 heteroatoms. The number of nitrogens with zero attached hydrogens (tertiary/aromatic N) is 5. The number of ether oxygens (including phenoxy) is 1. The van der Waals surface area contributed by atoms with Gasteiger partial charge in [0.2, 0.25) is 5.91 Å². The predicted octanol–water partition coefficient (Wildman–Crippen LogP) is 3.32. The van der Waals surface area contributed by atoms with Gasteiger partial charge in [0.25, 0.3) is 5.91 Å². The van der Waals surface area contributed by atoms with E-state index in [9.17, 15) is 9.59 Å². The first-order valence-electron chi connectivity index (χ1n) is 12.5. The Labute approximate surface area is 220 Å². The minimum atomic E-state index is -0.498. The van der Waals surface area contributed by atoms with E-state index in [1.165, 1.54) is 6.20 Å². The van der Waals surface area contributed by atoms with Crippen LogP contribution in [0.3, 0.4) is 0 Å². The summed E-state index contributed by atoms with van der Waals surface area (Å²) in [5.74, 6) is 0.283. The van der Waals surface area contributed by atoms with Crippen molar-refractivity contribution in [3.63, 3.8) is 0 Å². The van der Waals surface area contributed by atoms with Crippen LogP contribution in [0.5, 0.6) is 5.75 Å². The van der Waals surface area contributed by atoms with Gasteiger partial charge in [-0.25, -0.2) is 14.9 Å². The molecule has 0 radical (unpaired) electrons. The van der Waals surface area contributed by atoms with Crippen LogP contribution in [0.1, 0.15) is 54.6 Å². The summed E-state index contributed by atoms with van der Waals surface area (Å²) in [4.78, 5) is 32.8. The average molecular weight is 524 g/mol. The highest BCUT2D eigenvalue weighted by atomic mass is 35.5. The lowest BCUT2D eigenvalue weighted by molar-refractivity contribution is -0.134. The van der Waals surface area contributed by atoms with E-state index in [0.717, 1.165) is 31.2 Å². The molecule has 2 aromatic heterocycles. The first kappa shape index (κ1) is 25.0. The Morgan fingerprint density at radius 2 is 2.11 bits per heavy atom. The molecule has 0 spiro atoms. The average Bonchev–Trinajstić information content (AvgIpc) is 3.65. The van der Waals surface area contributed by atoms with Gasteiger partial charge in [-0.2, -0.15) is 5.10 Å². The number of carbonyl (C=O) groups is 2. The Morgan fingerprint density at radius 3 is 2.86 bits per heavy atom. The summed E-state index contributed by atoms with van der Waals surface area (Å²) < 4.78 is 7.12. The van der Waals surface area contributed by atoms with Gasteiger partial charge in [-0.15, -0.1) is 0 Å². The van der Waals surface area contributed by atoms with Crippen LogP contribution in [0.2, 0.25) is 5.02 Å². The first-order valence-corrected chi connectivity index (χ1v) is 12.8. The van der Waals surface area contributed by atoms with E-state index in [2.05, 4.69) is 20.8 Å². The third kappa shape index (κ3) is 5.12. The standard InChI is InChI=1S/C26H30ClN7O3/c1-3-33(18-7-4-5-8-18)23(35)16-32-15-21(24(31-32)19-13-17(27)9-10-22(19)37-2)30-26(36)20-14-29-34-12-6-11-28-25(20)34/h6,9-15,18,24,31H,3-5,7-8,16H2,1-2H3,(H,30,36). The molecule has 1 unspecified atom stereocenters. The molecule has 1 aliphatic heterocycles. The number of carbonyl (C=O) groups excluding carboxylic acids is 2. The number of hydrogen-bond donors (Lipinski definition) is 2. The molecule has 1 atom stereocenters. The Balaban J connectivity index is 1.42. The molecule has 3 aromatic rings. The van der Waals surface area contributed by atoms with Crippen molar-refractivity contribution in [3.05, 3.63) is 70.9 Å². The number of fused-ring (bicyclic) bond motifs is 1. The minimum absolute atomic E-state index is 0.0364. The fourth-order valence-electron chi connectivity index (χ4n) is 5.16. The van der Waals surface area contributed by atoms with Gasteiger partial charge in [0.05, 0.1) is 25.0 Å². The van der Waals surface area contributed by atoms with Crippen LogP contribution in [-0.4, -0.2) is 62.6 Å². The molecule has 0 saturated heterocycles. The van der Waals surface area contributed by atoms with Crippen LogP contribution >= 0.6 is 11.6 Å². The van der Waals surface area contributed by atoms with Crippen LogP contribution < -0.4 is 15.5 Å². The van der Waals surface area contributed by atoms with E-state index >= 15 is 0 Å². The zero-order valence-electron chi connectivity index (χ0n) is 20.9. The molecule has 37 heavy (non-hydrogen) atoms. The molecule has 1 saturated carbocycles. The summed E-state index contributed by atoms with van der Waals surface area (Å²) >= 11 is 6.32. The molecule has 10 nitrogen and oxygen atoms in total. The fraction of sp³-hybridized carbons (Fsp3) is 0.385. The number of likely N-dealkylation sites (N-methyl/N-ethyl adjacent to an activating group) is 1. The number of hydrazine groups is 1. The maximum absolute atomic E-state index is 13.3. The smallest absolute Gasteiger partial charge is 0.261 e. The topological polar surface area (TPSA) is 104 Å². The lowest BCUT2D eigenvalue weighted by Gasteiger charge is -2.30. The number of halogens is 1. The second-order valence-electron chi connectivity index (χ2n) is 9.18. The second-order valence-corrected chi connectivity index (χ2v) is 9.62. The van der Waals surface area contributed by atoms with Crippen molar-refractivity contribution in [3.8, 4) is 5.75 Å². The summed E-state index contributed by atoms with van der Waals surface area (Å²) in [6.45, 7) is 2.80. The van der Waals surface area contributed by atoms with Crippen molar-refractivity contribution in [1.82, 2.24) is 35.2 Å². The highest BCUT2D eigenvalue weighted by Gasteiger charge is 2.33. The minimum Gasteiger partial charge on any atom is -0.496 e. The Hall–Kier alpha value is -3.63. The van der Waals surface area contributed by atoms with E-state index in [1.54, 1.807) is 59.5 Å². The Bertz CT molecular complexity index is 1330. The zero-order valence-corrected chi connectivity index (χ0v) is 21.6. The molecule has 2 amide bonds. The van der Waals surface area contributed by atoms with Gasteiger partial charge in [-0.3, -0.25) is 9.59 Å². The van der Waals surface area contributed by atoms with Gasteiger partial charge in [0, 0.05) is 41.8 Å². The lowest BCUT2D eigenvalue weighted by Crippen LogP contribution is -2.46. The quantitative estimate of drug-likeness (QED) is 0.467. The van der Waals surface area contributed by atoms with Gasteiger partial charge in [-0.05, 0) is 44.0 Å². The molecule has 5 rings (SSSR count). The molecule has 3 heterocycles. The molecule has 1 aromatic carbocycles. The van der Waals surface area contributed by atoms with Crippen LogP contribution in [0.4, 0.5) is 0 Å². The van der Waals surface area contributed by atoms with E-state index in [0.29, 0.717) is 34.2 Å². The number of nitrogens with one attached hydrogen (secondary N) is 2. The van der Waals surface area contributed by atoms with Crippen molar-refractivity contribution >= 4 is 29.1 Å². The van der Waals surface area contributed by atoms with Crippen LogP contribution in [-0.2, 0) is 4.79 Å². The summed E-state index contributed by atoms with van der Waals surface area (Å²) in [5, 5.41) is 9.45. The van der Waals surface area contributed by atoms with Crippen molar-refractivity contribution in [2.24, 2.45) is 0 Å². The van der Waals surface area contributed by atoms with Crippen molar-refractivity contribution in [2.75, 3.05) is 20.2 Å². The Kier molecular flexibility index (Phi) is 7.29. The van der Waals surface area contributed by atoms with E-state index < -0.39 is 6.04 Å². The van der Waals surface area contributed by atoms with E-state index in [1.807, 2.05) is 11.8 Å². The molecular weight excluding hydrogens is 494 g/mol. The van der Waals surface area contributed by atoms with Crippen LogP contribution in [0.25, 0.3) is 5.65 Å². The number of methoxy groups -OCH3 is 1. The molecule has 1 fully saturated rings. The molecule has 2 N–H and O–H groups in total. The Morgan fingerprint density at radius 1 is 1.30 bits per heavy atom. The monoisotopic (exact) mass is 523 g/mol. The van der Waals surface area contributed by atoms with Crippen LogP contribution in [0, 0.1) is 0 Å². The molecule has 1 aliphatic carbocycles. The molecular formula is C26H30ClN7O3. The third-order valence-corrected chi connectivity index (χ3v) is 7.15. The van der Waals surface area contributed by atoms with E-state index in [-0.39, 0.29) is 24.4 Å². The van der Waals surface area contributed by atoms with Gasteiger partial charge >= 0.3 is 0 Å². The van der Waals surface area contributed by atoms with Gasteiger partial charge in [0.15, 0.2) is 5.65 Å². The first-order chi connectivity index (χ1) is 18.0. The zero-order chi connectivity index (χ0) is 25.9. The number of aromatic nitrogens is 3. The van der Waals surface area contributed by atoms with Crippen molar-refractivity contribution in [2.45, 2.75) is 44.7 Å². The van der Waals surface area contributed by atoms with E-state index in [4.69, 9.17) is 16.3 Å². The van der Waals surface area contributed by atoms with Gasteiger partial charge < -0.3 is 20.0 Å². The number of hydrogen-bond acceptors (Lipinski definition) is 7. The molecule has 2 aliphatic rings. The van der Waals surface area contributed by atoms with Crippen molar-refractivity contribution in [1.29, 1.82) is 0 Å². The summed E-state index contributed by atoms with van der Waals surface area (Å²) in [6.07, 6.45) is 11.0. The number of amides is 2. The largest absolute Gasteiger partial charge is 0.496 e. The third-order valence-electron chi connectivity index (χ3n) is 6.92. The maximum atomic E-state index is 13.3. The maximum Gasteiger partial charge on any atom is 0.261 e. The van der Waals surface area contributed by atoms with Crippen LogP contribution in [0.15, 0.2) is 54.8 Å². The summed E-state index contributed by atoms with van der Waals surface area (Å²) in [7, 11) is 1.58. The highest BCUT2D eigenvalue weighted by Crippen LogP contribution is 2.35. The fourth-order valence-corrected chi connectivity index (χ4v) is 5.34.